The molecule has 0 N–H and O–H groups in total. The van der Waals surface area contributed by atoms with E-state index in [0.29, 0.717) is 12.8 Å². The Balaban J connectivity index is 1.55. The number of rotatable bonds is 4. The van der Waals surface area contributed by atoms with Gasteiger partial charge in [0.15, 0.2) is 12.4 Å². The van der Waals surface area contributed by atoms with Crippen LogP contribution in [-0.4, -0.2) is 59.0 Å². The maximum Gasteiger partial charge on any atom is 0.266 e. The van der Waals surface area contributed by atoms with Crippen LogP contribution < -0.4 is 4.74 Å². The second-order valence-electron chi connectivity index (χ2n) is 7.48. The summed E-state index contributed by atoms with van der Waals surface area (Å²) in [5, 5.41) is 0. The van der Waals surface area contributed by atoms with Crippen LogP contribution in [0, 0.1) is 0 Å². The van der Waals surface area contributed by atoms with Crippen LogP contribution in [0.5, 0.6) is 5.75 Å². The number of fused-ring (bicyclic) bond motifs is 1. The number of allylic oxidation sites excluding steroid dienone is 1. The highest BCUT2D eigenvalue weighted by atomic mass is 16.5. The molecule has 7 nitrogen and oxygen atoms in total. The van der Waals surface area contributed by atoms with Gasteiger partial charge in [-0.2, -0.15) is 0 Å². The number of ether oxygens (including phenoxy) is 1. The van der Waals surface area contributed by atoms with Crippen LogP contribution in [0.15, 0.2) is 30.4 Å². The van der Waals surface area contributed by atoms with Crippen LogP contribution in [0.25, 0.3) is 0 Å². The number of nitrogens with zero attached hydrogens (tertiary/aromatic N) is 2. The first kappa shape index (κ1) is 18.4. The van der Waals surface area contributed by atoms with Gasteiger partial charge in [0.25, 0.3) is 17.7 Å². The standard InChI is InChI=1S/C21H22N2O5/c1-13-7-8-15(16(24)11-13)23-20(26)14-5-4-6-17(19(14)21(23)27)28-12-18(25)22-9-2-3-10-22/h4-6,15H,1-3,7-12H2. The van der Waals surface area contributed by atoms with Crippen molar-refractivity contribution in [3.05, 3.63) is 41.5 Å². The van der Waals surface area contributed by atoms with Crippen molar-refractivity contribution in [3.63, 3.8) is 0 Å². The molecule has 1 aromatic rings. The fourth-order valence-electron chi connectivity index (χ4n) is 4.10. The fourth-order valence-corrected chi connectivity index (χ4v) is 4.10. The van der Waals surface area contributed by atoms with Gasteiger partial charge < -0.3 is 9.64 Å². The molecule has 2 heterocycles. The van der Waals surface area contributed by atoms with Crippen LogP contribution in [0.2, 0.25) is 0 Å². The van der Waals surface area contributed by atoms with E-state index in [1.807, 2.05) is 0 Å². The molecule has 2 fully saturated rings. The molecule has 1 aromatic carbocycles. The molecule has 0 bridgehead atoms. The third kappa shape index (κ3) is 3.10. The van der Waals surface area contributed by atoms with Gasteiger partial charge in [-0.1, -0.05) is 18.2 Å². The Morgan fingerprint density at radius 1 is 1.14 bits per heavy atom. The highest BCUT2D eigenvalue weighted by Crippen LogP contribution is 2.35. The highest BCUT2D eigenvalue weighted by Gasteiger charge is 2.45. The molecule has 3 amide bonds. The lowest BCUT2D eigenvalue weighted by atomic mass is 9.89. The summed E-state index contributed by atoms with van der Waals surface area (Å²) in [5.41, 5.74) is 1.18. The minimum absolute atomic E-state index is 0.135. The van der Waals surface area contributed by atoms with E-state index in [1.165, 1.54) is 0 Å². The number of Topliss-reactive ketones (excluding diaryl/α,β-unsaturated/α-hetero) is 1. The van der Waals surface area contributed by atoms with E-state index < -0.39 is 17.9 Å². The van der Waals surface area contributed by atoms with E-state index in [2.05, 4.69) is 6.58 Å². The third-order valence-corrected chi connectivity index (χ3v) is 5.60. The van der Waals surface area contributed by atoms with Gasteiger partial charge in [0.1, 0.15) is 5.75 Å². The van der Waals surface area contributed by atoms with E-state index in [-0.39, 0.29) is 41.6 Å². The summed E-state index contributed by atoms with van der Waals surface area (Å²) in [5.74, 6) is -1.11. The normalized spacial score (nSPS) is 22.1. The predicted octanol–water partition coefficient (Wildman–Crippen LogP) is 1.96. The maximum absolute atomic E-state index is 13.0. The smallest absolute Gasteiger partial charge is 0.266 e. The highest BCUT2D eigenvalue weighted by molar-refractivity contribution is 6.24. The molecular weight excluding hydrogens is 360 g/mol. The Kier molecular flexibility index (Phi) is 4.75. The topological polar surface area (TPSA) is 84.0 Å². The summed E-state index contributed by atoms with van der Waals surface area (Å²) in [6, 6.07) is 3.98. The Labute approximate surface area is 162 Å². The Morgan fingerprint density at radius 3 is 2.61 bits per heavy atom. The second-order valence-corrected chi connectivity index (χ2v) is 7.48. The summed E-state index contributed by atoms with van der Waals surface area (Å²) < 4.78 is 5.63. The van der Waals surface area contributed by atoms with Gasteiger partial charge in [-0.3, -0.25) is 24.1 Å². The van der Waals surface area contributed by atoms with Gasteiger partial charge in [-0.25, -0.2) is 0 Å². The molecule has 2 aliphatic heterocycles. The van der Waals surface area contributed by atoms with Crippen LogP contribution in [-0.2, 0) is 9.59 Å². The molecule has 28 heavy (non-hydrogen) atoms. The molecule has 3 aliphatic rings. The maximum atomic E-state index is 13.0. The van der Waals surface area contributed by atoms with Gasteiger partial charge in [-0.05, 0) is 37.8 Å². The number of hydrogen-bond acceptors (Lipinski definition) is 5. The lowest BCUT2D eigenvalue weighted by Crippen LogP contribution is -2.46. The Morgan fingerprint density at radius 2 is 1.89 bits per heavy atom. The van der Waals surface area contributed by atoms with E-state index in [4.69, 9.17) is 4.74 Å². The number of imide groups is 1. The molecular formula is C21H22N2O5. The average molecular weight is 382 g/mol. The van der Waals surface area contributed by atoms with E-state index in [0.717, 1.165) is 36.4 Å². The monoisotopic (exact) mass is 382 g/mol. The van der Waals surface area contributed by atoms with Gasteiger partial charge in [0.05, 0.1) is 17.2 Å². The van der Waals surface area contributed by atoms with Crippen LogP contribution in [0.4, 0.5) is 0 Å². The second kappa shape index (κ2) is 7.22. The summed E-state index contributed by atoms with van der Waals surface area (Å²) in [6.45, 7) is 5.08. The van der Waals surface area contributed by atoms with Gasteiger partial charge >= 0.3 is 0 Å². The Hall–Kier alpha value is -2.96. The number of ketones is 1. The SMILES string of the molecule is C=C1CCC(N2C(=O)c3cccc(OCC(=O)N4CCCC4)c3C2=O)C(=O)C1. The first-order valence-corrected chi connectivity index (χ1v) is 9.58. The lowest BCUT2D eigenvalue weighted by molar-refractivity contribution is -0.132. The van der Waals surface area contributed by atoms with Crippen LogP contribution >= 0.6 is 0 Å². The van der Waals surface area contributed by atoms with Crippen molar-refractivity contribution < 1.29 is 23.9 Å². The largest absolute Gasteiger partial charge is 0.483 e. The number of benzene rings is 1. The van der Waals surface area contributed by atoms with Crippen molar-refractivity contribution in [2.75, 3.05) is 19.7 Å². The van der Waals surface area contributed by atoms with Crippen LogP contribution in [0.1, 0.15) is 52.8 Å². The molecule has 0 radical (unpaired) electrons. The third-order valence-electron chi connectivity index (χ3n) is 5.60. The molecule has 1 atom stereocenters. The number of carbonyl (C=O) groups is 4. The Bertz CT molecular complexity index is 885. The zero-order chi connectivity index (χ0) is 19.8. The van der Waals surface area contributed by atoms with E-state index in [9.17, 15) is 19.2 Å². The van der Waals surface area contributed by atoms with E-state index in [1.54, 1.807) is 23.1 Å². The molecule has 1 saturated heterocycles. The summed E-state index contributed by atoms with van der Waals surface area (Å²) in [4.78, 5) is 53.3. The molecule has 1 saturated carbocycles. The zero-order valence-corrected chi connectivity index (χ0v) is 15.6. The average Bonchev–Trinajstić information content (AvgIpc) is 3.29. The number of amides is 3. The summed E-state index contributed by atoms with van der Waals surface area (Å²) in [6.07, 6.45) is 3.16. The molecule has 7 heteroatoms. The first-order chi connectivity index (χ1) is 13.5. The van der Waals surface area contributed by atoms with Crippen molar-refractivity contribution in [1.82, 2.24) is 9.80 Å². The van der Waals surface area contributed by atoms with Crippen molar-refractivity contribution in [2.45, 2.75) is 38.1 Å². The van der Waals surface area contributed by atoms with Crippen molar-refractivity contribution in [1.29, 1.82) is 0 Å². The number of hydrogen-bond donors (Lipinski definition) is 0. The summed E-state index contributed by atoms with van der Waals surface area (Å²) in [7, 11) is 0. The summed E-state index contributed by atoms with van der Waals surface area (Å²) >= 11 is 0. The molecule has 1 aliphatic carbocycles. The van der Waals surface area contributed by atoms with E-state index >= 15 is 0 Å². The molecule has 0 aromatic heterocycles. The minimum atomic E-state index is -0.767. The van der Waals surface area contributed by atoms with Gasteiger partial charge in [0, 0.05) is 19.5 Å². The van der Waals surface area contributed by atoms with Crippen molar-refractivity contribution in [2.24, 2.45) is 0 Å². The molecule has 4 rings (SSSR count). The number of likely N-dealkylation sites (tertiary alicyclic amines) is 1. The zero-order valence-electron chi connectivity index (χ0n) is 15.6. The lowest BCUT2D eigenvalue weighted by Gasteiger charge is -2.29. The number of carbonyl (C=O) groups excluding carboxylic acids is 4. The molecule has 0 spiro atoms. The van der Waals surface area contributed by atoms with Gasteiger partial charge in [0.2, 0.25) is 0 Å². The molecule has 146 valence electrons. The van der Waals surface area contributed by atoms with Crippen molar-refractivity contribution >= 4 is 23.5 Å². The van der Waals surface area contributed by atoms with Crippen molar-refractivity contribution in [3.8, 4) is 5.75 Å². The fraction of sp³-hybridized carbons (Fsp3) is 0.429. The minimum Gasteiger partial charge on any atom is -0.483 e. The van der Waals surface area contributed by atoms with Crippen LogP contribution in [0.3, 0.4) is 0 Å². The predicted molar refractivity (Wildman–Crippen MR) is 100 cm³/mol. The van der Waals surface area contributed by atoms with Gasteiger partial charge in [-0.15, -0.1) is 0 Å². The quantitative estimate of drug-likeness (QED) is 0.587. The molecule has 1 unspecified atom stereocenters. The first-order valence-electron chi connectivity index (χ1n) is 9.58.